The highest BCUT2D eigenvalue weighted by Crippen LogP contribution is 2.25. The molecule has 1 N–H and O–H groups in total. The molecule has 0 aliphatic carbocycles. The van der Waals surface area contributed by atoms with Crippen LogP contribution >= 0.6 is 11.8 Å². The van der Waals surface area contributed by atoms with Crippen molar-refractivity contribution in [3.8, 4) is 0 Å². The van der Waals surface area contributed by atoms with Crippen LogP contribution in [-0.4, -0.2) is 34.5 Å². The van der Waals surface area contributed by atoms with Gasteiger partial charge in [0.15, 0.2) is 0 Å². The van der Waals surface area contributed by atoms with Gasteiger partial charge in [0.2, 0.25) is 0 Å². The quantitative estimate of drug-likeness (QED) is 0.794. The van der Waals surface area contributed by atoms with Crippen molar-refractivity contribution in [3.05, 3.63) is 65.7 Å². The lowest BCUT2D eigenvalue weighted by atomic mass is 10.1. The van der Waals surface area contributed by atoms with Crippen LogP contribution in [0, 0.1) is 0 Å². The fraction of sp³-hybridized carbons (Fsp3) is 0.300. The summed E-state index contributed by atoms with van der Waals surface area (Å²) in [7, 11) is 0. The highest BCUT2D eigenvalue weighted by molar-refractivity contribution is 7.98. The second-order valence-corrected chi connectivity index (χ2v) is 7.24. The normalized spacial score (nSPS) is 16.8. The molecule has 0 saturated carbocycles. The molecule has 1 heterocycles. The van der Waals surface area contributed by atoms with Crippen molar-refractivity contribution >= 4 is 23.6 Å². The zero-order valence-electron chi connectivity index (χ0n) is 13.9. The van der Waals surface area contributed by atoms with E-state index in [2.05, 4.69) is 12.1 Å². The van der Waals surface area contributed by atoms with Crippen molar-refractivity contribution in [2.24, 2.45) is 0 Å². The van der Waals surface area contributed by atoms with Crippen LogP contribution < -0.4 is 0 Å². The molecule has 2 aromatic carbocycles. The predicted molar refractivity (Wildman–Crippen MR) is 98.8 cm³/mol. The summed E-state index contributed by atoms with van der Waals surface area (Å²) in [6.07, 6.45) is 1.66. The van der Waals surface area contributed by atoms with E-state index in [1.165, 1.54) is 5.56 Å². The number of carbonyl (C=O) groups excluding carboxylic acids is 1. The number of amides is 1. The molecule has 1 saturated heterocycles. The van der Waals surface area contributed by atoms with Crippen molar-refractivity contribution in [2.75, 3.05) is 6.54 Å². The lowest BCUT2D eigenvalue weighted by molar-refractivity contribution is -0.137. The SMILES string of the molecule is O=C(O)CC1CCCN1C(=O)c1ccc(SCc2ccccc2)cc1. The highest BCUT2D eigenvalue weighted by Gasteiger charge is 2.30. The first-order valence-electron chi connectivity index (χ1n) is 8.43. The Hall–Kier alpha value is -2.27. The Morgan fingerprint density at radius 1 is 1.08 bits per heavy atom. The zero-order valence-corrected chi connectivity index (χ0v) is 14.7. The first-order chi connectivity index (χ1) is 12.1. The van der Waals surface area contributed by atoms with Gasteiger partial charge in [0.05, 0.1) is 6.42 Å². The number of hydrogen-bond acceptors (Lipinski definition) is 3. The summed E-state index contributed by atoms with van der Waals surface area (Å²) in [6.45, 7) is 0.640. The van der Waals surface area contributed by atoms with E-state index in [4.69, 9.17) is 5.11 Å². The number of thioether (sulfide) groups is 1. The maximum Gasteiger partial charge on any atom is 0.305 e. The van der Waals surface area contributed by atoms with E-state index >= 15 is 0 Å². The molecule has 1 aliphatic heterocycles. The maximum atomic E-state index is 12.7. The molecular weight excluding hydrogens is 334 g/mol. The van der Waals surface area contributed by atoms with Crippen LogP contribution in [0.5, 0.6) is 0 Å². The molecule has 0 radical (unpaired) electrons. The highest BCUT2D eigenvalue weighted by atomic mass is 32.2. The molecule has 3 rings (SSSR count). The van der Waals surface area contributed by atoms with Gasteiger partial charge in [-0.25, -0.2) is 0 Å². The minimum atomic E-state index is -0.850. The molecule has 1 aliphatic rings. The van der Waals surface area contributed by atoms with Crippen molar-refractivity contribution in [3.63, 3.8) is 0 Å². The van der Waals surface area contributed by atoms with Crippen LogP contribution in [0.1, 0.15) is 35.2 Å². The minimum Gasteiger partial charge on any atom is -0.481 e. The van der Waals surface area contributed by atoms with Crippen LogP contribution in [0.25, 0.3) is 0 Å². The predicted octanol–water partition coefficient (Wildman–Crippen LogP) is 4.06. The lowest BCUT2D eigenvalue weighted by Gasteiger charge is -2.23. The maximum absolute atomic E-state index is 12.7. The summed E-state index contributed by atoms with van der Waals surface area (Å²) >= 11 is 1.73. The molecule has 1 unspecified atom stereocenters. The molecule has 1 fully saturated rings. The van der Waals surface area contributed by atoms with E-state index in [1.54, 1.807) is 16.7 Å². The number of carboxylic acids is 1. The van der Waals surface area contributed by atoms with Gasteiger partial charge in [-0.05, 0) is 42.7 Å². The number of carboxylic acid groups (broad SMARTS) is 1. The van der Waals surface area contributed by atoms with Crippen molar-refractivity contribution < 1.29 is 14.7 Å². The summed E-state index contributed by atoms with van der Waals surface area (Å²) in [5.41, 5.74) is 1.89. The van der Waals surface area contributed by atoms with Gasteiger partial charge in [0.25, 0.3) is 5.91 Å². The fourth-order valence-electron chi connectivity index (χ4n) is 3.12. The van der Waals surface area contributed by atoms with E-state index in [-0.39, 0.29) is 18.4 Å². The van der Waals surface area contributed by atoms with Crippen molar-refractivity contribution in [1.29, 1.82) is 0 Å². The number of rotatable bonds is 6. The van der Waals surface area contributed by atoms with Gasteiger partial charge in [0, 0.05) is 28.8 Å². The fourth-order valence-corrected chi connectivity index (χ4v) is 3.97. The summed E-state index contributed by atoms with van der Waals surface area (Å²) < 4.78 is 0. The topological polar surface area (TPSA) is 57.6 Å². The molecule has 0 bridgehead atoms. The standard InChI is InChI=1S/C20H21NO3S/c22-19(23)13-17-7-4-12-21(17)20(24)16-8-10-18(11-9-16)25-14-15-5-2-1-3-6-15/h1-3,5-6,8-11,17H,4,7,12-14H2,(H,22,23). The van der Waals surface area contributed by atoms with E-state index in [0.717, 1.165) is 23.5 Å². The Morgan fingerprint density at radius 2 is 1.80 bits per heavy atom. The smallest absolute Gasteiger partial charge is 0.305 e. The largest absolute Gasteiger partial charge is 0.481 e. The lowest BCUT2D eigenvalue weighted by Crippen LogP contribution is -2.36. The summed E-state index contributed by atoms with van der Waals surface area (Å²) in [5.74, 6) is -0.0262. The summed E-state index contributed by atoms with van der Waals surface area (Å²) in [5, 5.41) is 8.99. The Morgan fingerprint density at radius 3 is 2.48 bits per heavy atom. The Balaban J connectivity index is 1.61. The number of nitrogens with zero attached hydrogens (tertiary/aromatic N) is 1. The minimum absolute atomic E-state index is 0.0246. The van der Waals surface area contributed by atoms with Gasteiger partial charge < -0.3 is 10.0 Å². The molecule has 0 aromatic heterocycles. The molecule has 2 aromatic rings. The third-order valence-corrected chi connectivity index (χ3v) is 5.48. The second-order valence-electron chi connectivity index (χ2n) is 6.19. The Kier molecular flexibility index (Phi) is 5.76. The van der Waals surface area contributed by atoms with Crippen LogP contribution in [-0.2, 0) is 10.5 Å². The monoisotopic (exact) mass is 355 g/mol. The van der Waals surface area contributed by atoms with Gasteiger partial charge >= 0.3 is 5.97 Å². The first-order valence-corrected chi connectivity index (χ1v) is 9.41. The van der Waals surface area contributed by atoms with Gasteiger partial charge in [-0.15, -0.1) is 11.8 Å². The molecule has 5 heteroatoms. The molecule has 130 valence electrons. The van der Waals surface area contributed by atoms with Crippen LogP contribution in [0.3, 0.4) is 0 Å². The van der Waals surface area contributed by atoms with Gasteiger partial charge in [-0.3, -0.25) is 9.59 Å². The summed E-state index contributed by atoms with van der Waals surface area (Å²) in [4.78, 5) is 26.4. The van der Waals surface area contributed by atoms with Crippen LogP contribution in [0.4, 0.5) is 0 Å². The first kappa shape index (κ1) is 17.5. The summed E-state index contributed by atoms with van der Waals surface area (Å²) in [6, 6.07) is 17.7. The average Bonchev–Trinajstić information content (AvgIpc) is 3.08. The number of hydrogen-bond donors (Lipinski definition) is 1. The van der Waals surface area contributed by atoms with Crippen molar-refractivity contribution in [2.45, 2.75) is 36.0 Å². The second kappa shape index (κ2) is 8.21. The third kappa shape index (κ3) is 4.63. The van der Waals surface area contributed by atoms with Gasteiger partial charge in [0.1, 0.15) is 0 Å². The molecule has 1 amide bonds. The molecular formula is C20H21NO3S. The molecule has 25 heavy (non-hydrogen) atoms. The van der Waals surface area contributed by atoms with E-state index < -0.39 is 5.97 Å². The van der Waals surface area contributed by atoms with E-state index in [1.807, 2.05) is 42.5 Å². The molecule has 1 atom stereocenters. The number of likely N-dealkylation sites (tertiary alicyclic amines) is 1. The molecule has 4 nitrogen and oxygen atoms in total. The van der Waals surface area contributed by atoms with Gasteiger partial charge in [-0.1, -0.05) is 30.3 Å². The van der Waals surface area contributed by atoms with Gasteiger partial charge in [-0.2, -0.15) is 0 Å². The number of carbonyl (C=O) groups is 2. The molecule has 0 spiro atoms. The number of benzene rings is 2. The van der Waals surface area contributed by atoms with Crippen LogP contribution in [0.2, 0.25) is 0 Å². The third-order valence-electron chi connectivity index (χ3n) is 4.40. The average molecular weight is 355 g/mol. The van der Waals surface area contributed by atoms with E-state index in [9.17, 15) is 9.59 Å². The zero-order chi connectivity index (χ0) is 17.6. The van der Waals surface area contributed by atoms with E-state index in [0.29, 0.717) is 12.1 Å². The Bertz CT molecular complexity index is 730. The number of aliphatic carboxylic acids is 1. The van der Waals surface area contributed by atoms with Crippen LogP contribution in [0.15, 0.2) is 59.5 Å². The van der Waals surface area contributed by atoms with Crippen molar-refractivity contribution in [1.82, 2.24) is 4.90 Å². The Labute approximate surface area is 151 Å².